The number of carbonyl (C=O) groups excluding carboxylic acids is 1. The minimum absolute atomic E-state index is 0.113. The molecule has 116 valence electrons. The van der Waals surface area contributed by atoms with Crippen molar-refractivity contribution in [3.63, 3.8) is 0 Å². The van der Waals surface area contributed by atoms with E-state index in [0.29, 0.717) is 16.6 Å². The van der Waals surface area contributed by atoms with Crippen LogP contribution in [0.2, 0.25) is 0 Å². The van der Waals surface area contributed by atoms with Crippen LogP contribution in [0, 0.1) is 0 Å². The average molecular weight is 324 g/mol. The lowest BCUT2D eigenvalue weighted by Crippen LogP contribution is -2.19. The molecule has 0 bridgehead atoms. The number of carbonyl (C=O) groups is 1. The Labute approximate surface area is 139 Å². The van der Waals surface area contributed by atoms with Crippen LogP contribution >= 0.6 is 11.8 Å². The van der Waals surface area contributed by atoms with Crippen LogP contribution in [0.3, 0.4) is 0 Å². The van der Waals surface area contributed by atoms with Gasteiger partial charge in [0, 0.05) is 0 Å². The van der Waals surface area contributed by atoms with Crippen LogP contribution in [0.25, 0.3) is 6.08 Å². The third-order valence-electron chi connectivity index (χ3n) is 3.31. The van der Waals surface area contributed by atoms with Gasteiger partial charge in [0.15, 0.2) is 5.17 Å². The zero-order valence-electron chi connectivity index (χ0n) is 12.7. The van der Waals surface area contributed by atoms with Crippen molar-refractivity contribution in [1.82, 2.24) is 5.32 Å². The van der Waals surface area contributed by atoms with E-state index in [9.17, 15) is 4.79 Å². The first kappa shape index (κ1) is 15.4. The van der Waals surface area contributed by atoms with Crippen LogP contribution < -0.4 is 10.1 Å². The Morgan fingerprint density at radius 2 is 1.87 bits per heavy atom. The Hall–Kier alpha value is -2.53. The van der Waals surface area contributed by atoms with Gasteiger partial charge in [-0.2, -0.15) is 0 Å². The first-order valence-electron chi connectivity index (χ1n) is 7.18. The highest BCUT2D eigenvalue weighted by Crippen LogP contribution is 2.26. The van der Waals surface area contributed by atoms with E-state index in [1.54, 1.807) is 7.11 Å². The van der Waals surface area contributed by atoms with Crippen molar-refractivity contribution >= 4 is 28.9 Å². The lowest BCUT2D eigenvalue weighted by atomic mass is 10.2. The molecule has 0 aliphatic carbocycles. The van der Waals surface area contributed by atoms with Crippen molar-refractivity contribution in [3.05, 3.63) is 70.6 Å². The normalized spacial score (nSPS) is 17.5. The van der Waals surface area contributed by atoms with E-state index >= 15 is 0 Å². The fourth-order valence-electron chi connectivity index (χ4n) is 2.10. The van der Waals surface area contributed by atoms with E-state index in [4.69, 9.17) is 4.74 Å². The highest BCUT2D eigenvalue weighted by atomic mass is 32.2. The average Bonchev–Trinajstić information content (AvgIpc) is 2.94. The molecule has 0 spiro atoms. The molecule has 0 unspecified atom stereocenters. The van der Waals surface area contributed by atoms with E-state index in [1.165, 1.54) is 11.8 Å². The number of thioether (sulfide) groups is 1. The summed E-state index contributed by atoms with van der Waals surface area (Å²) in [7, 11) is 1.63. The van der Waals surface area contributed by atoms with E-state index in [0.717, 1.165) is 16.9 Å². The number of nitrogens with zero attached hydrogens (tertiary/aromatic N) is 1. The van der Waals surface area contributed by atoms with E-state index < -0.39 is 0 Å². The van der Waals surface area contributed by atoms with Gasteiger partial charge in [0.05, 0.1) is 18.6 Å². The molecule has 2 aromatic carbocycles. The number of rotatable bonds is 4. The van der Waals surface area contributed by atoms with Crippen LogP contribution in [0.1, 0.15) is 11.1 Å². The van der Waals surface area contributed by atoms with Crippen LogP contribution in [0.5, 0.6) is 5.75 Å². The topological polar surface area (TPSA) is 50.7 Å². The third-order valence-corrected chi connectivity index (χ3v) is 4.26. The number of hydrogen-bond acceptors (Lipinski definition) is 4. The lowest BCUT2D eigenvalue weighted by molar-refractivity contribution is -0.115. The molecule has 1 heterocycles. The zero-order valence-corrected chi connectivity index (χ0v) is 13.5. The van der Waals surface area contributed by atoms with Gasteiger partial charge in [0.25, 0.3) is 5.91 Å². The predicted octanol–water partition coefficient (Wildman–Crippen LogP) is 3.46. The summed E-state index contributed by atoms with van der Waals surface area (Å²) in [5.74, 6) is 0.679. The Bertz CT molecular complexity index is 752. The molecule has 1 aliphatic rings. The molecular weight excluding hydrogens is 308 g/mol. The molecule has 0 saturated carbocycles. The first-order chi connectivity index (χ1) is 11.2. The summed E-state index contributed by atoms with van der Waals surface area (Å²) in [4.78, 5) is 17.1. The van der Waals surface area contributed by atoms with Gasteiger partial charge in [0.1, 0.15) is 5.75 Å². The second kappa shape index (κ2) is 7.15. The molecule has 1 amide bonds. The molecule has 3 rings (SSSR count). The Morgan fingerprint density at radius 1 is 1.13 bits per heavy atom. The number of amides is 1. The zero-order chi connectivity index (χ0) is 16.1. The first-order valence-corrected chi connectivity index (χ1v) is 7.99. The molecule has 2 aromatic rings. The number of amidine groups is 1. The minimum atomic E-state index is -0.113. The van der Waals surface area contributed by atoms with E-state index in [1.807, 2.05) is 60.7 Å². The van der Waals surface area contributed by atoms with Crippen molar-refractivity contribution in [1.29, 1.82) is 0 Å². The van der Waals surface area contributed by atoms with Gasteiger partial charge >= 0.3 is 0 Å². The third kappa shape index (κ3) is 4.02. The predicted molar refractivity (Wildman–Crippen MR) is 94.3 cm³/mol. The van der Waals surface area contributed by atoms with Crippen molar-refractivity contribution in [3.8, 4) is 5.75 Å². The summed E-state index contributed by atoms with van der Waals surface area (Å²) in [5.41, 5.74) is 2.06. The highest BCUT2D eigenvalue weighted by molar-refractivity contribution is 8.18. The molecule has 0 atom stereocenters. The smallest absolute Gasteiger partial charge is 0.264 e. The van der Waals surface area contributed by atoms with Crippen molar-refractivity contribution in [2.45, 2.75) is 6.54 Å². The quantitative estimate of drug-likeness (QED) is 0.876. The van der Waals surface area contributed by atoms with E-state index in [-0.39, 0.29) is 5.91 Å². The molecule has 1 aliphatic heterocycles. The summed E-state index contributed by atoms with van der Waals surface area (Å²) >= 11 is 1.36. The maximum Gasteiger partial charge on any atom is 0.264 e. The Balaban J connectivity index is 1.70. The summed E-state index contributed by atoms with van der Waals surface area (Å²) in [6.45, 7) is 0.555. The molecule has 0 aromatic heterocycles. The monoisotopic (exact) mass is 324 g/mol. The molecule has 5 heteroatoms. The van der Waals surface area contributed by atoms with Crippen LogP contribution in [0.15, 0.2) is 64.5 Å². The van der Waals surface area contributed by atoms with Crippen LogP contribution in [-0.4, -0.2) is 18.2 Å². The SMILES string of the molecule is COc1ccc(/C=C2\SC(=NCc3ccccc3)NC2=O)cc1. The van der Waals surface area contributed by atoms with Gasteiger partial charge in [0.2, 0.25) is 0 Å². The standard InChI is InChI=1S/C18H16N2O2S/c1-22-15-9-7-13(8-10-15)11-16-17(21)20-18(23-16)19-12-14-5-3-2-4-6-14/h2-11H,12H2,1H3,(H,19,20,21)/b16-11-. The fourth-order valence-corrected chi connectivity index (χ4v) is 2.92. The van der Waals surface area contributed by atoms with Crippen molar-refractivity contribution in [2.24, 2.45) is 4.99 Å². The van der Waals surface area contributed by atoms with Crippen molar-refractivity contribution in [2.75, 3.05) is 7.11 Å². The summed E-state index contributed by atoms with van der Waals surface area (Å²) in [6.07, 6.45) is 1.85. The maximum absolute atomic E-state index is 12.0. The minimum Gasteiger partial charge on any atom is -0.497 e. The number of ether oxygens (including phenoxy) is 1. The molecule has 1 saturated heterocycles. The second-order valence-corrected chi connectivity index (χ2v) is 5.98. The van der Waals surface area contributed by atoms with Crippen LogP contribution in [-0.2, 0) is 11.3 Å². The molecule has 1 fully saturated rings. The van der Waals surface area contributed by atoms with Crippen molar-refractivity contribution < 1.29 is 9.53 Å². The molecule has 0 radical (unpaired) electrons. The number of benzene rings is 2. The molecule has 23 heavy (non-hydrogen) atoms. The summed E-state index contributed by atoms with van der Waals surface area (Å²) in [6, 6.07) is 17.5. The van der Waals surface area contributed by atoms with Gasteiger partial charge in [-0.25, -0.2) is 0 Å². The largest absolute Gasteiger partial charge is 0.497 e. The van der Waals surface area contributed by atoms with E-state index in [2.05, 4.69) is 10.3 Å². The van der Waals surface area contributed by atoms with Crippen LogP contribution in [0.4, 0.5) is 0 Å². The lowest BCUT2D eigenvalue weighted by Gasteiger charge is -1.99. The van der Waals surface area contributed by atoms with Gasteiger partial charge in [-0.05, 0) is 41.1 Å². The summed E-state index contributed by atoms with van der Waals surface area (Å²) < 4.78 is 5.13. The maximum atomic E-state index is 12.0. The summed E-state index contributed by atoms with van der Waals surface area (Å²) in [5, 5.41) is 3.44. The Kier molecular flexibility index (Phi) is 4.78. The Morgan fingerprint density at radius 3 is 2.57 bits per heavy atom. The number of hydrogen-bond donors (Lipinski definition) is 1. The molecular formula is C18H16N2O2S. The molecule has 1 N–H and O–H groups in total. The van der Waals surface area contributed by atoms with Gasteiger partial charge in [-0.1, -0.05) is 42.5 Å². The number of nitrogens with one attached hydrogen (secondary N) is 1. The van der Waals surface area contributed by atoms with Gasteiger partial charge in [-0.15, -0.1) is 0 Å². The number of methoxy groups -OCH3 is 1. The fraction of sp³-hybridized carbons (Fsp3) is 0.111. The molecule has 4 nitrogen and oxygen atoms in total. The second-order valence-electron chi connectivity index (χ2n) is 4.94. The van der Waals surface area contributed by atoms with Gasteiger partial charge in [-0.3, -0.25) is 9.79 Å². The van der Waals surface area contributed by atoms with Gasteiger partial charge < -0.3 is 10.1 Å². The highest BCUT2D eigenvalue weighted by Gasteiger charge is 2.23. The number of aliphatic imine (C=N–C) groups is 1.